The third-order valence-corrected chi connectivity index (χ3v) is 7.51. The molecule has 0 unspecified atom stereocenters. The average Bonchev–Trinajstić information content (AvgIpc) is 2.92. The quantitative estimate of drug-likeness (QED) is 0.516. The van der Waals surface area contributed by atoms with Crippen LogP contribution in [0, 0.1) is 5.92 Å². The number of carbonyl (C=O) groups excluding carboxylic acids is 2. The van der Waals surface area contributed by atoms with E-state index in [-0.39, 0.29) is 29.2 Å². The number of rotatable bonds is 8. The van der Waals surface area contributed by atoms with Crippen molar-refractivity contribution in [2.45, 2.75) is 44.2 Å². The van der Waals surface area contributed by atoms with Crippen LogP contribution in [-0.4, -0.2) is 47.5 Å². The number of fused-ring (bicyclic) bond motifs is 4. The van der Waals surface area contributed by atoms with Crippen molar-refractivity contribution in [3.63, 3.8) is 0 Å². The lowest BCUT2D eigenvalue weighted by molar-refractivity contribution is -0.138. The fraction of sp³-hybridized carbons (Fsp3) is 0.367. The standard InChI is InChI=1S/C30H33N3O4/c1-37-25-13-10-21(11-14-25)12-15-28(34)31-26(17-22-6-3-2-4-7-22)30(36)32-18-23-16-24(20-32)27-8-5-9-29(35)33(27)19-23/h2-11,13-14,23-24,26H,12,15-20H2,1H3,(H,31,34)/t23-,24+,26+/m1/s1. The minimum absolute atomic E-state index is 0.0260. The summed E-state index contributed by atoms with van der Waals surface area (Å²) in [6, 6.07) is 22.2. The van der Waals surface area contributed by atoms with Gasteiger partial charge >= 0.3 is 0 Å². The molecule has 7 heteroatoms. The van der Waals surface area contributed by atoms with Crippen LogP contribution in [0.1, 0.15) is 35.6 Å². The molecule has 1 N–H and O–H groups in total. The van der Waals surface area contributed by atoms with Gasteiger partial charge in [0.25, 0.3) is 5.56 Å². The van der Waals surface area contributed by atoms with Crippen molar-refractivity contribution in [3.05, 3.63) is 100.0 Å². The van der Waals surface area contributed by atoms with Gasteiger partial charge in [-0.3, -0.25) is 14.4 Å². The fourth-order valence-corrected chi connectivity index (χ4v) is 5.66. The molecule has 1 aromatic heterocycles. The zero-order chi connectivity index (χ0) is 25.8. The number of amides is 2. The van der Waals surface area contributed by atoms with Crippen LogP contribution in [0.15, 0.2) is 77.6 Å². The molecule has 3 heterocycles. The summed E-state index contributed by atoms with van der Waals surface area (Å²) in [6.07, 6.45) is 2.30. The molecule has 1 fully saturated rings. The van der Waals surface area contributed by atoms with Crippen LogP contribution >= 0.6 is 0 Å². The maximum atomic E-state index is 13.8. The van der Waals surface area contributed by atoms with Gasteiger partial charge in [0.1, 0.15) is 11.8 Å². The minimum atomic E-state index is -0.637. The number of carbonyl (C=O) groups is 2. The van der Waals surface area contributed by atoms with E-state index in [2.05, 4.69) is 5.32 Å². The summed E-state index contributed by atoms with van der Waals surface area (Å²) in [7, 11) is 1.63. The predicted molar refractivity (Wildman–Crippen MR) is 142 cm³/mol. The first-order valence-corrected chi connectivity index (χ1v) is 12.9. The molecule has 5 rings (SSSR count). The second-order valence-corrected chi connectivity index (χ2v) is 10.1. The first-order valence-electron chi connectivity index (χ1n) is 12.9. The van der Waals surface area contributed by atoms with Crippen LogP contribution < -0.4 is 15.6 Å². The predicted octanol–water partition coefficient (Wildman–Crippen LogP) is 3.16. The highest BCUT2D eigenvalue weighted by Crippen LogP contribution is 2.35. The van der Waals surface area contributed by atoms with E-state index in [0.29, 0.717) is 38.9 Å². The highest BCUT2D eigenvalue weighted by atomic mass is 16.5. The summed E-state index contributed by atoms with van der Waals surface area (Å²) in [5.41, 5.74) is 3.08. The summed E-state index contributed by atoms with van der Waals surface area (Å²) in [6.45, 7) is 1.79. The molecule has 0 aliphatic carbocycles. The second-order valence-electron chi connectivity index (χ2n) is 10.1. The number of likely N-dealkylation sites (tertiary alicyclic amines) is 1. The van der Waals surface area contributed by atoms with Crippen molar-refractivity contribution < 1.29 is 14.3 Å². The number of hydrogen-bond acceptors (Lipinski definition) is 4. The molecule has 192 valence electrons. The van der Waals surface area contributed by atoms with Gasteiger partial charge in [0.2, 0.25) is 11.8 Å². The van der Waals surface area contributed by atoms with E-state index >= 15 is 0 Å². The van der Waals surface area contributed by atoms with Crippen LogP contribution in [0.2, 0.25) is 0 Å². The number of benzene rings is 2. The van der Waals surface area contributed by atoms with E-state index in [0.717, 1.165) is 29.0 Å². The zero-order valence-electron chi connectivity index (χ0n) is 21.1. The Morgan fingerprint density at radius 3 is 2.49 bits per heavy atom. The van der Waals surface area contributed by atoms with Gasteiger partial charge in [0.15, 0.2) is 0 Å². The lowest BCUT2D eigenvalue weighted by atomic mass is 9.83. The van der Waals surface area contributed by atoms with Gasteiger partial charge in [-0.2, -0.15) is 0 Å². The monoisotopic (exact) mass is 499 g/mol. The Morgan fingerprint density at radius 1 is 0.946 bits per heavy atom. The maximum absolute atomic E-state index is 13.8. The first-order chi connectivity index (χ1) is 18.0. The molecule has 3 atom stereocenters. The molecule has 3 aromatic rings. The average molecular weight is 500 g/mol. The largest absolute Gasteiger partial charge is 0.497 e. The molecular formula is C30H33N3O4. The zero-order valence-corrected chi connectivity index (χ0v) is 21.1. The Balaban J connectivity index is 1.29. The Bertz CT molecular complexity index is 1300. The number of aromatic nitrogens is 1. The summed E-state index contributed by atoms with van der Waals surface area (Å²) in [5, 5.41) is 3.04. The van der Waals surface area contributed by atoms with E-state index in [1.165, 1.54) is 0 Å². The number of piperidine rings is 1. The van der Waals surface area contributed by atoms with Gasteiger partial charge < -0.3 is 19.5 Å². The molecule has 7 nitrogen and oxygen atoms in total. The van der Waals surface area contributed by atoms with Crippen LogP contribution in [0.4, 0.5) is 0 Å². The van der Waals surface area contributed by atoms with E-state index in [9.17, 15) is 14.4 Å². The normalized spacial score (nSPS) is 19.0. The third kappa shape index (κ3) is 5.77. The molecule has 2 bridgehead atoms. The second kappa shape index (κ2) is 11.0. The van der Waals surface area contributed by atoms with Crippen molar-refractivity contribution >= 4 is 11.8 Å². The summed E-state index contributed by atoms with van der Waals surface area (Å²) >= 11 is 0. The van der Waals surface area contributed by atoms with Gasteiger partial charge in [0.05, 0.1) is 7.11 Å². The first kappa shape index (κ1) is 24.8. The number of aryl methyl sites for hydroxylation is 1. The lowest BCUT2D eigenvalue weighted by Crippen LogP contribution is -2.55. The maximum Gasteiger partial charge on any atom is 0.250 e. The molecule has 0 spiro atoms. The van der Waals surface area contributed by atoms with Crippen molar-refractivity contribution in [2.75, 3.05) is 20.2 Å². The number of hydrogen-bond donors (Lipinski definition) is 1. The number of nitrogens with one attached hydrogen (secondary N) is 1. The van der Waals surface area contributed by atoms with Gasteiger partial charge in [-0.05, 0) is 48.1 Å². The molecule has 2 aliphatic heterocycles. The van der Waals surface area contributed by atoms with Crippen molar-refractivity contribution in [1.82, 2.24) is 14.8 Å². The molecular weight excluding hydrogens is 466 g/mol. The Morgan fingerprint density at radius 2 is 1.73 bits per heavy atom. The van der Waals surface area contributed by atoms with E-state index in [1.807, 2.05) is 70.1 Å². The van der Waals surface area contributed by atoms with Crippen molar-refractivity contribution in [1.29, 1.82) is 0 Å². The summed E-state index contributed by atoms with van der Waals surface area (Å²) in [5.74, 6) is 0.953. The van der Waals surface area contributed by atoms with Crippen LogP contribution in [0.25, 0.3) is 0 Å². The highest BCUT2D eigenvalue weighted by Gasteiger charge is 2.38. The van der Waals surface area contributed by atoms with Gasteiger partial charge in [-0.1, -0.05) is 48.5 Å². The minimum Gasteiger partial charge on any atom is -0.497 e. The smallest absolute Gasteiger partial charge is 0.250 e. The number of methoxy groups -OCH3 is 1. The molecule has 0 saturated carbocycles. The van der Waals surface area contributed by atoms with Gasteiger partial charge in [-0.15, -0.1) is 0 Å². The van der Waals surface area contributed by atoms with Crippen molar-refractivity contribution in [2.24, 2.45) is 5.92 Å². The number of ether oxygens (including phenoxy) is 1. The lowest BCUT2D eigenvalue weighted by Gasteiger charge is -2.43. The van der Waals surface area contributed by atoms with Gasteiger partial charge in [0, 0.05) is 50.2 Å². The van der Waals surface area contributed by atoms with Crippen molar-refractivity contribution in [3.8, 4) is 5.75 Å². The Kier molecular flexibility index (Phi) is 7.40. The third-order valence-electron chi connectivity index (χ3n) is 7.51. The van der Waals surface area contributed by atoms with Crippen LogP contribution in [-0.2, 0) is 29.0 Å². The number of pyridine rings is 1. The number of nitrogens with zero attached hydrogens (tertiary/aromatic N) is 2. The Hall–Kier alpha value is -3.87. The Labute approximate surface area is 217 Å². The van der Waals surface area contributed by atoms with Gasteiger partial charge in [-0.25, -0.2) is 0 Å². The molecule has 0 radical (unpaired) electrons. The van der Waals surface area contributed by atoms with E-state index in [4.69, 9.17) is 4.74 Å². The highest BCUT2D eigenvalue weighted by molar-refractivity contribution is 5.88. The fourth-order valence-electron chi connectivity index (χ4n) is 5.66. The topological polar surface area (TPSA) is 80.6 Å². The molecule has 2 aromatic carbocycles. The summed E-state index contributed by atoms with van der Waals surface area (Å²) < 4.78 is 7.07. The van der Waals surface area contributed by atoms with E-state index in [1.54, 1.807) is 19.2 Å². The molecule has 2 aliphatic rings. The van der Waals surface area contributed by atoms with E-state index < -0.39 is 6.04 Å². The van der Waals surface area contributed by atoms with Crippen LogP contribution in [0.5, 0.6) is 5.75 Å². The molecule has 37 heavy (non-hydrogen) atoms. The van der Waals surface area contributed by atoms with Crippen LogP contribution in [0.3, 0.4) is 0 Å². The SMILES string of the molecule is COc1ccc(CCC(=O)N[C@@H](Cc2ccccc2)C(=O)N2C[C@H]3C[C@@H](C2)c2cccc(=O)n2C3)cc1. The molecule has 2 amide bonds. The molecule has 1 saturated heterocycles. The summed E-state index contributed by atoms with van der Waals surface area (Å²) in [4.78, 5) is 41.1.